The van der Waals surface area contributed by atoms with Gasteiger partial charge in [-0.25, -0.2) is 0 Å². The van der Waals surface area contributed by atoms with E-state index in [1.807, 2.05) is 36.4 Å². The van der Waals surface area contributed by atoms with Crippen LogP contribution in [0, 0.1) is 25.7 Å². The Morgan fingerprint density at radius 1 is 1.05 bits per heavy atom. The van der Waals surface area contributed by atoms with Gasteiger partial charge in [-0.15, -0.1) is 0 Å². The minimum atomic E-state index is -0.133. The molecular formula is C18H18O2. The molecule has 1 N–H and O–H groups in total. The highest BCUT2D eigenvalue weighted by Gasteiger charge is 2.02. The molecule has 0 aromatic heterocycles. The first-order valence-electron chi connectivity index (χ1n) is 6.58. The molecule has 0 fully saturated rings. The van der Waals surface area contributed by atoms with Gasteiger partial charge in [-0.05, 0) is 43.2 Å². The van der Waals surface area contributed by atoms with Gasteiger partial charge < -0.3 is 9.84 Å². The average Bonchev–Trinajstić information content (AvgIpc) is 2.43. The smallest absolute Gasteiger partial charge is 0.120 e. The van der Waals surface area contributed by atoms with Gasteiger partial charge in [0.2, 0.25) is 0 Å². The Hall–Kier alpha value is -2.24. The van der Waals surface area contributed by atoms with E-state index in [1.165, 1.54) is 11.1 Å². The molecular weight excluding hydrogens is 248 g/mol. The third kappa shape index (κ3) is 3.88. The summed E-state index contributed by atoms with van der Waals surface area (Å²) in [5, 5.41) is 8.78. The average molecular weight is 266 g/mol. The summed E-state index contributed by atoms with van der Waals surface area (Å²) in [6.07, 6.45) is 0. The standard InChI is InChI=1S/C18H18O2/c1-14-10-15(2)12-18(11-14)20-13-17-7-4-3-6-16(17)8-5-9-19/h3-4,6-7,10-12,19H,9,13H2,1-2H3. The third-order valence-electron chi connectivity index (χ3n) is 2.91. The zero-order valence-corrected chi connectivity index (χ0v) is 11.8. The summed E-state index contributed by atoms with van der Waals surface area (Å²) in [5.41, 5.74) is 4.29. The summed E-state index contributed by atoms with van der Waals surface area (Å²) in [4.78, 5) is 0. The summed E-state index contributed by atoms with van der Waals surface area (Å²) in [7, 11) is 0. The van der Waals surface area contributed by atoms with Crippen molar-refractivity contribution < 1.29 is 9.84 Å². The second-order valence-corrected chi connectivity index (χ2v) is 4.73. The molecule has 0 aliphatic heterocycles. The van der Waals surface area contributed by atoms with Crippen molar-refractivity contribution >= 4 is 0 Å². The molecule has 2 aromatic carbocycles. The van der Waals surface area contributed by atoms with Crippen molar-refractivity contribution in [2.24, 2.45) is 0 Å². The number of hydrogen-bond acceptors (Lipinski definition) is 2. The highest BCUT2D eigenvalue weighted by Crippen LogP contribution is 2.18. The maximum absolute atomic E-state index is 8.78. The van der Waals surface area contributed by atoms with E-state index >= 15 is 0 Å². The predicted octanol–water partition coefficient (Wildman–Crippen LogP) is 3.23. The number of ether oxygens (including phenoxy) is 1. The molecule has 0 saturated carbocycles. The maximum atomic E-state index is 8.78. The fourth-order valence-corrected chi connectivity index (χ4v) is 2.08. The largest absolute Gasteiger partial charge is 0.489 e. The van der Waals surface area contributed by atoms with Gasteiger partial charge in [-0.2, -0.15) is 0 Å². The van der Waals surface area contributed by atoms with E-state index in [0.717, 1.165) is 16.9 Å². The lowest BCUT2D eigenvalue weighted by Crippen LogP contribution is -1.98. The second kappa shape index (κ2) is 6.79. The van der Waals surface area contributed by atoms with Crippen molar-refractivity contribution in [1.82, 2.24) is 0 Å². The molecule has 2 aromatic rings. The second-order valence-electron chi connectivity index (χ2n) is 4.73. The first kappa shape index (κ1) is 14.2. The Morgan fingerprint density at radius 2 is 1.75 bits per heavy atom. The van der Waals surface area contributed by atoms with Gasteiger partial charge in [0.1, 0.15) is 19.0 Å². The molecule has 2 rings (SSSR count). The first-order chi connectivity index (χ1) is 9.69. The van der Waals surface area contributed by atoms with Gasteiger partial charge in [0.05, 0.1) is 0 Å². The monoisotopic (exact) mass is 266 g/mol. The first-order valence-corrected chi connectivity index (χ1v) is 6.58. The summed E-state index contributed by atoms with van der Waals surface area (Å²) in [6.45, 7) is 4.45. The number of aryl methyl sites for hydroxylation is 2. The SMILES string of the molecule is Cc1cc(C)cc(OCc2ccccc2C#CCO)c1. The summed E-state index contributed by atoms with van der Waals surface area (Å²) < 4.78 is 5.84. The molecule has 20 heavy (non-hydrogen) atoms. The van der Waals surface area contributed by atoms with Crippen LogP contribution in [0.3, 0.4) is 0 Å². The summed E-state index contributed by atoms with van der Waals surface area (Å²) in [5.74, 6) is 6.48. The topological polar surface area (TPSA) is 29.5 Å². The molecule has 0 saturated heterocycles. The van der Waals surface area contributed by atoms with Crippen molar-refractivity contribution in [3.63, 3.8) is 0 Å². The molecule has 2 nitrogen and oxygen atoms in total. The van der Waals surface area contributed by atoms with Crippen molar-refractivity contribution in [3.8, 4) is 17.6 Å². The van der Waals surface area contributed by atoms with Gasteiger partial charge in [0, 0.05) is 11.1 Å². The molecule has 2 heteroatoms. The van der Waals surface area contributed by atoms with Crippen molar-refractivity contribution in [2.45, 2.75) is 20.5 Å². The number of hydrogen-bond donors (Lipinski definition) is 1. The Morgan fingerprint density at radius 3 is 2.45 bits per heavy atom. The van der Waals surface area contributed by atoms with Gasteiger partial charge in [-0.1, -0.05) is 36.1 Å². The van der Waals surface area contributed by atoms with E-state index < -0.39 is 0 Å². The zero-order valence-electron chi connectivity index (χ0n) is 11.8. The van der Waals surface area contributed by atoms with Crippen LogP contribution in [-0.2, 0) is 6.61 Å². The number of aliphatic hydroxyl groups excluding tert-OH is 1. The fraction of sp³-hybridized carbons (Fsp3) is 0.222. The van der Waals surface area contributed by atoms with Crippen LogP contribution < -0.4 is 4.74 Å². The molecule has 0 atom stereocenters. The highest BCUT2D eigenvalue weighted by molar-refractivity contribution is 5.41. The Labute approximate surface area is 120 Å². The Balaban J connectivity index is 2.14. The molecule has 0 spiro atoms. The molecule has 0 bridgehead atoms. The van der Waals surface area contributed by atoms with Crippen LogP contribution in [0.2, 0.25) is 0 Å². The van der Waals surface area contributed by atoms with Crippen LogP contribution in [0.15, 0.2) is 42.5 Å². The molecule has 0 aliphatic carbocycles. The van der Waals surface area contributed by atoms with E-state index in [2.05, 4.69) is 31.8 Å². The normalized spacial score (nSPS) is 9.75. The Kier molecular flexibility index (Phi) is 4.81. The van der Waals surface area contributed by atoms with Crippen molar-refractivity contribution in [1.29, 1.82) is 0 Å². The lowest BCUT2D eigenvalue weighted by Gasteiger charge is -2.09. The van der Waals surface area contributed by atoms with E-state index in [1.54, 1.807) is 0 Å². The van der Waals surface area contributed by atoms with Gasteiger partial charge in [0.15, 0.2) is 0 Å². The molecule has 0 aliphatic rings. The highest BCUT2D eigenvalue weighted by atomic mass is 16.5. The van der Waals surface area contributed by atoms with E-state index in [0.29, 0.717) is 6.61 Å². The summed E-state index contributed by atoms with van der Waals surface area (Å²) >= 11 is 0. The quantitative estimate of drug-likeness (QED) is 0.864. The third-order valence-corrected chi connectivity index (χ3v) is 2.91. The van der Waals surface area contributed by atoms with Gasteiger partial charge in [-0.3, -0.25) is 0 Å². The predicted molar refractivity (Wildman–Crippen MR) is 80.7 cm³/mol. The van der Waals surface area contributed by atoms with Crippen LogP contribution in [0.5, 0.6) is 5.75 Å². The maximum Gasteiger partial charge on any atom is 0.120 e. The lowest BCUT2D eigenvalue weighted by molar-refractivity contribution is 0.305. The molecule has 0 radical (unpaired) electrons. The van der Waals surface area contributed by atoms with Crippen LogP contribution in [0.25, 0.3) is 0 Å². The molecule has 0 heterocycles. The number of rotatable bonds is 3. The molecule has 0 unspecified atom stereocenters. The van der Waals surface area contributed by atoms with E-state index in [-0.39, 0.29) is 6.61 Å². The fourth-order valence-electron chi connectivity index (χ4n) is 2.08. The summed E-state index contributed by atoms with van der Waals surface area (Å²) in [6, 6.07) is 14.0. The Bertz CT molecular complexity index is 628. The van der Waals surface area contributed by atoms with Crippen LogP contribution in [-0.4, -0.2) is 11.7 Å². The van der Waals surface area contributed by atoms with Crippen LogP contribution in [0.1, 0.15) is 22.3 Å². The molecule has 0 amide bonds. The van der Waals surface area contributed by atoms with Crippen molar-refractivity contribution in [3.05, 3.63) is 64.7 Å². The number of aliphatic hydroxyl groups is 1. The van der Waals surface area contributed by atoms with Crippen LogP contribution in [0.4, 0.5) is 0 Å². The zero-order chi connectivity index (χ0) is 14.4. The van der Waals surface area contributed by atoms with E-state index in [9.17, 15) is 0 Å². The van der Waals surface area contributed by atoms with E-state index in [4.69, 9.17) is 9.84 Å². The van der Waals surface area contributed by atoms with Crippen LogP contribution >= 0.6 is 0 Å². The van der Waals surface area contributed by atoms with Crippen molar-refractivity contribution in [2.75, 3.05) is 6.61 Å². The minimum absolute atomic E-state index is 0.133. The van der Waals surface area contributed by atoms with Gasteiger partial charge in [0.25, 0.3) is 0 Å². The number of benzene rings is 2. The minimum Gasteiger partial charge on any atom is -0.489 e. The molecule has 102 valence electrons. The lowest BCUT2D eigenvalue weighted by atomic mass is 10.1. The van der Waals surface area contributed by atoms with Gasteiger partial charge >= 0.3 is 0 Å².